The molecule has 0 fully saturated rings. The summed E-state index contributed by atoms with van der Waals surface area (Å²) in [6.07, 6.45) is 5.52. The quantitative estimate of drug-likeness (QED) is 0.809. The van der Waals surface area contributed by atoms with Gasteiger partial charge in [0.1, 0.15) is 0 Å². The van der Waals surface area contributed by atoms with E-state index in [-0.39, 0.29) is 0 Å². The molecule has 1 atom stereocenters. The Hall–Kier alpha value is -1.94. The van der Waals surface area contributed by atoms with Crippen LogP contribution >= 0.6 is 0 Å². The lowest BCUT2D eigenvalue weighted by Crippen LogP contribution is -2.19. The lowest BCUT2D eigenvalue weighted by atomic mass is 10.1. The van der Waals surface area contributed by atoms with Crippen LogP contribution in [0, 0.1) is 0 Å². The highest BCUT2D eigenvalue weighted by atomic mass is 16.5. The van der Waals surface area contributed by atoms with Crippen molar-refractivity contribution >= 4 is 0 Å². The fraction of sp³-hybridized carbons (Fsp3) is 0.412. The lowest BCUT2D eigenvalue weighted by molar-refractivity contribution is 0.307. The second kappa shape index (κ2) is 8.37. The van der Waals surface area contributed by atoms with Crippen molar-refractivity contribution in [1.82, 2.24) is 15.3 Å². The largest absolute Gasteiger partial charge is 0.477 e. The Balaban J connectivity index is 1.86. The summed E-state index contributed by atoms with van der Waals surface area (Å²) in [5.74, 6) is 0.675. The monoisotopic (exact) mass is 285 g/mol. The first kappa shape index (κ1) is 15.4. The van der Waals surface area contributed by atoms with Crippen LogP contribution in [-0.2, 0) is 6.42 Å². The molecule has 0 aromatic carbocycles. The predicted octanol–water partition coefficient (Wildman–Crippen LogP) is 3.16. The summed E-state index contributed by atoms with van der Waals surface area (Å²) in [6, 6.07) is 10.3. The van der Waals surface area contributed by atoms with Crippen LogP contribution in [0.15, 0.2) is 42.7 Å². The van der Waals surface area contributed by atoms with Crippen LogP contribution in [0.2, 0.25) is 0 Å². The van der Waals surface area contributed by atoms with Gasteiger partial charge >= 0.3 is 0 Å². The van der Waals surface area contributed by atoms with Crippen LogP contribution in [-0.4, -0.2) is 23.1 Å². The van der Waals surface area contributed by atoms with Gasteiger partial charge in [0.05, 0.1) is 6.61 Å². The number of hydrogen-bond acceptors (Lipinski definition) is 4. The maximum Gasteiger partial charge on any atom is 0.213 e. The van der Waals surface area contributed by atoms with Gasteiger partial charge in [0.25, 0.3) is 0 Å². The van der Waals surface area contributed by atoms with Crippen LogP contribution in [0.4, 0.5) is 0 Å². The fourth-order valence-electron chi connectivity index (χ4n) is 2.06. The standard InChI is InChI=1S/C17H23N3O/c1-3-9-18-14(2)15-7-11-20-17(13-15)21-12-8-16-6-4-5-10-19-16/h4-7,10-11,13-14,18H,3,8-9,12H2,1-2H3. The van der Waals surface area contributed by atoms with Gasteiger partial charge in [0.2, 0.25) is 5.88 Å². The molecule has 0 amide bonds. The molecular weight excluding hydrogens is 262 g/mol. The summed E-state index contributed by atoms with van der Waals surface area (Å²) in [7, 11) is 0. The molecule has 0 saturated heterocycles. The third-order valence-corrected chi connectivity index (χ3v) is 3.29. The maximum absolute atomic E-state index is 5.73. The lowest BCUT2D eigenvalue weighted by Gasteiger charge is -2.14. The SMILES string of the molecule is CCCNC(C)c1ccnc(OCCc2ccccn2)c1. The number of aromatic nitrogens is 2. The van der Waals surface area contributed by atoms with E-state index in [2.05, 4.69) is 29.1 Å². The van der Waals surface area contributed by atoms with E-state index in [4.69, 9.17) is 4.74 Å². The summed E-state index contributed by atoms with van der Waals surface area (Å²) < 4.78 is 5.73. The molecule has 0 aliphatic carbocycles. The number of hydrogen-bond donors (Lipinski definition) is 1. The van der Waals surface area contributed by atoms with E-state index in [1.165, 1.54) is 5.56 Å². The molecule has 0 radical (unpaired) electrons. The summed E-state index contributed by atoms with van der Waals surface area (Å²) in [5, 5.41) is 3.46. The third kappa shape index (κ3) is 5.16. The Kier molecular flexibility index (Phi) is 6.16. The zero-order valence-electron chi connectivity index (χ0n) is 12.7. The minimum absolute atomic E-state index is 0.311. The van der Waals surface area contributed by atoms with Crippen LogP contribution in [0.5, 0.6) is 5.88 Å². The van der Waals surface area contributed by atoms with E-state index in [1.54, 1.807) is 12.4 Å². The zero-order chi connectivity index (χ0) is 14.9. The number of nitrogens with zero attached hydrogens (tertiary/aromatic N) is 2. The van der Waals surface area contributed by atoms with Crippen LogP contribution in [0.3, 0.4) is 0 Å². The number of ether oxygens (including phenoxy) is 1. The topological polar surface area (TPSA) is 47.0 Å². The second-order valence-corrected chi connectivity index (χ2v) is 5.02. The van der Waals surface area contributed by atoms with Crippen LogP contribution in [0.25, 0.3) is 0 Å². The Morgan fingerprint density at radius 3 is 2.86 bits per heavy atom. The first-order valence-corrected chi connectivity index (χ1v) is 7.51. The summed E-state index contributed by atoms with van der Waals surface area (Å²) in [4.78, 5) is 8.54. The molecule has 0 spiro atoms. The summed E-state index contributed by atoms with van der Waals surface area (Å²) >= 11 is 0. The molecular formula is C17H23N3O. The van der Waals surface area contributed by atoms with Gasteiger partial charge in [-0.25, -0.2) is 4.98 Å². The Labute approximate surface area is 126 Å². The average molecular weight is 285 g/mol. The molecule has 0 saturated carbocycles. The maximum atomic E-state index is 5.73. The van der Waals surface area contributed by atoms with Crippen molar-refractivity contribution in [3.63, 3.8) is 0 Å². The van der Waals surface area contributed by atoms with Crippen molar-refractivity contribution in [3.8, 4) is 5.88 Å². The normalized spacial score (nSPS) is 12.1. The highest BCUT2D eigenvalue weighted by molar-refractivity contribution is 5.23. The van der Waals surface area contributed by atoms with Gasteiger partial charge < -0.3 is 10.1 Å². The predicted molar refractivity (Wildman–Crippen MR) is 84.4 cm³/mol. The Morgan fingerprint density at radius 2 is 2.10 bits per heavy atom. The highest BCUT2D eigenvalue weighted by Gasteiger charge is 2.06. The summed E-state index contributed by atoms with van der Waals surface area (Å²) in [6.45, 7) is 5.92. The molecule has 1 N–H and O–H groups in total. The van der Waals surface area contributed by atoms with Crippen molar-refractivity contribution in [1.29, 1.82) is 0 Å². The van der Waals surface area contributed by atoms with Gasteiger partial charge in [0, 0.05) is 36.6 Å². The zero-order valence-corrected chi connectivity index (χ0v) is 12.7. The number of pyridine rings is 2. The third-order valence-electron chi connectivity index (χ3n) is 3.29. The smallest absolute Gasteiger partial charge is 0.213 e. The first-order valence-electron chi connectivity index (χ1n) is 7.51. The van der Waals surface area contributed by atoms with E-state index in [1.807, 2.05) is 30.3 Å². The van der Waals surface area contributed by atoms with Crippen LogP contribution in [0.1, 0.15) is 37.6 Å². The Morgan fingerprint density at radius 1 is 1.19 bits per heavy atom. The molecule has 2 aromatic rings. The van der Waals surface area contributed by atoms with Gasteiger partial charge in [-0.05, 0) is 43.7 Å². The molecule has 0 bridgehead atoms. The van der Waals surface area contributed by atoms with E-state index in [0.29, 0.717) is 18.5 Å². The van der Waals surface area contributed by atoms with Gasteiger partial charge in [-0.2, -0.15) is 0 Å². The minimum Gasteiger partial charge on any atom is -0.477 e. The fourth-order valence-corrected chi connectivity index (χ4v) is 2.06. The molecule has 112 valence electrons. The molecule has 0 aliphatic heterocycles. The van der Waals surface area contributed by atoms with Gasteiger partial charge in [-0.15, -0.1) is 0 Å². The van der Waals surface area contributed by atoms with Crippen LogP contribution < -0.4 is 10.1 Å². The van der Waals surface area contributed by atoms with Crippen molar-refractivity contribution in [2.24, 2.45) is 0 Å². The molecule has 4 nitrogen and oxygen atoms in total. The summed E-state index contributed by atoms with van der Waals surface area (Å²) in [5.41, 5.74) is 2.23. The van der Waals surface area contributed by atoms with E-state index >= 15 is 0 Å². The molecule has 2 heterocycles. The molecule has 0 aliphatic rings. The van der Waals surface area contributed by atoms with Crippen molar-refractivity contribution in [2.75, 3.05) is 13.2 Å². The molecule has 21 heavy (non-hydrogen) atoms. The molecule has 1 unspecified atom stereocenters. The number of nitrogens with one attached hydrogen (secondary N) is 1. The Bertz CT molecular complexity index is 531. The van der Waals surface area contributed by atoms with Crippen molar-refractivity contribution in [2.45, 2.75) is 32.7 Å². The van der Waals surface area contributed by atoms with Gasteiger partial charge in [-0.1, -0.05) is 13.0 Å². The molecule has 2 aromatic heterocycles. The second-order valence-electron chi connectivity index (χ2n) is 5.02. The average Bonchev–Trinajstić information content (AvgIpc) is 2.54. The van der Waals surface area contributed by atoms with E-state index in [9.17, 15) is 0 Å². The molecule has 2 rings (SSSR count). The first-order chi connectivity index (χ1) is 10.3. The van der Waals surface area contributed by atoms with Gasteiger partial charge in [-0.3, -0.25) is 4.98 Å². The van der Waals surface area contributed by atoms with Crippen molar-refractivity contribution in [3.05, 3.63) is 54.0 Å². The molecule has 4 heteroatoms. The minimum atomic E-state index is 0.311. The van der Waals surface area contributed by atoms with Crippen molar-refractivity contribution < 1.29 is 4.74 Å². The van der Waals surface area contributed by atoms with Gasteiger partial charge in [0.15, 0.2) is 0 Å². The van der Waals surface area contributed by atoms with E-state index < -0.39 is 0 Å². The highest BCUT2D eigenvalue weighted by Crippen LogP contribution is 2.16. The van der Waals surface area contributed by atoms with E-state index in [0.717, 1.165) is 25.1 Å². The number of rotatable bonds is 8.